The Hall–Kier alpha value is -3.80. The summed E-state index contributed by atoms with van der Waals surface area (Å²) in [6.45, 7) is 25.4. The molecule has 0 aliphatic heterocycles. The number of nitrogens with zero attached hydrogens (tertiary/aromatic N) is 2. The number of phenols is 2. The van der Waals surface area contributed by atoms with Crippen molar-refractivity contribution in [2.75, 3.05) is 0 Å². The first kappa shape index (κ1) is 29.7. The maximum Gasteiger partial charge on any atom is 0.138 e. The molecule has 222 valence electrons. The van der Waals surface area contributed by atoms with Crippen molar-refractivity contribution in [2.45, 2.75) is 105 Å². The van der Waals surface area contributed by atoms with Gasteiger partial charge in [-0.15, -0.1) is 0 Å². The summed E-state index contributed by atoms with van der Waals surface area (Å²) in [5.41, 5.74) is 8.09. The monoisotopic (exact) mass is 566 g/mol. The van der Waals surface area contributed by atoms with Crippen LogP contribution in [0.15, 0.2) is 36.4 Å². The van der Waals surface area contributed by atoms with Gasteiger partial charge in [0.15, 0.2) is 0 Å². The molecule has 2 aromatic heterocycles. The zero-order valence-electron chi connectivity index (χ0n) is 27.3. The molecule has 42 heavy (non-hydrogen) atoms. The van der Waals surface area contributed by atoms with E-state index in [2.05, 4.69) is 123 Å². The molecule has 0 fully saturated rings. The lowest BCUT2D eigenvalue weighted by atomic mass is 9.78. The van der Waals surface area contributed by atoms with Crippen LogP contribution in [0.4, 0.5) is 0 Å². The lowest BCUT2D eigenvalue weighted by molar-refractivity contribution is 0.422. The van der Waals surface area contributed by atoms with Gasteiger partial charge in [-0.1, -0.05) is 83.1 Å². The van der Waals surface area contributed by atoms with Crippen LogP contribution in [0.25, 0.3) is 44.8 Å². The molecule has 0 bridgehead atoms. The largest absolute Gasteiger partial charge is 0.507 e. The summed E-state index contributed by atoms with van der Waals surface area (Å²) in [6.07, 6.45) is 0. The Labute approximate surface area is 249 Å². The number of imidazole rings is 2. The number of aromatic hydroxyl groups is 2. The van der Waals surface area contributed by atoms with Crippen LogP contribution in [0.5, 0.6) is 11.5 Å². The molecule has 0 spiro atoms. The molecule has 5 aromatic rings. The molecule has 3 aromatic carbocycles. The molecule has 0 saturated heterocycles. The van der Waals surface area contributed by atoms with Crippen molar-refractivity contribution in [1.82, 2.24) is 19.9 Å². The minimum absolute atomic E-state index is 0.226. The van der Waals surface area contributed by atoms with Gasteiger partial charge in [0, 0.05) is 33.4 Å². The van der Waals surface area contributed by atoms with Gasteiger partial charge in [-0.05, 0) is 58.1 Å². The van der Waals surface area contributed by atoms with Gasteiger partial charge >= 0.3 is 0 Å². The molecular weight excluding hydrogens is 520 g/mol. The molecule has 5 rings (SSSR count). The molecule has 0 aliphatic rings. The van der Waals surface area contributed by atoms with E-state index in [0.717, 1.165) is 67.1 Å². The topological polar surface area (TPSA) is 97.8 Å². The van der Waals surface area contributed by atoms with Crippen LogP contribution in [0, 0.1) is 0 Å². The zero-order chi connectivity index (χ0) is 31.2. The van der Waals surface area contributed by atoms with E-state index in [1.807, 2.05) is 6.07 Å². The lowest BCUT2D eigenvalue weighted by Crippen LogP contribution is -2.17. The molecule has 0 aliphatic carbocycles. The second-order valence-electron chi connectivity index (χ2n) is 15.9. The van der Waals surface area contributed by atoms with Crippen LogP contribution in [0.2, 0.25) is 0 Å². The summed E-state index contributed by atoms with van der Waals surface area (Å²) in [5, 5.41) is 22.3. The number of rotatable bonds is 2. The van der Waals surface area contributed by atoms with Crippen molar-refractivity contribution in [1.29, 1.82) is 0 Å². The van der Waals surface area contributed by atoms with Crippen molar-refractivity contribution in [3.05, 3.63) is 58.7 Å². The SMILES string of the molecule is CC(C)(C)c1cc(-c2nc3cc4nc(-c5cc(C(C)(C)C)c(O)c(C(C)(C)C)c5)[nH]c4cc3[nH]2)cc(C(C)(C)C)c1O. The summed E-state index contributed by atoms with van der Waals surface area (Å²) in [7, 11) is 0. The highest BCUT2D eigenvalue weighted by molar-refractivity contribution is 5.94. The first-order valence-electron chi connectivity index (χ1n) is 14.8. The quantitative estimate of drug-likeness (QED) is 0.171. The fourth-order valence-electron chi connectivity index (χ4n) is 5.62. The number of hydrogen-bond acceptors (Lipinski definition) is 4. The maximum absolute atomic E-state index is 11.2. The van der Waals surface area contributed by atoms with Gasteiger partial charge in [0.2, 0.25) is 0 Å². The van der Waals surface area contributed by atoms with Gasteiger partial charge in [0.1, 0.15) is 23.1 Å². The lowest BCUT2D eigenvalue weighted by Gasteiger charge is -2.28. The molecule has 6 nitrogen and oxygen atoms in total. The highest BCUT2D eigenvalue weighted by atomic mass is 16.3. The number of H-pyrrole nitrogens is 2. The number of aromatic amines is 2. The van der Waals surface area contributed by atoms with Gasteiger partial charge in [0.05, 0.1) is 22.1 Å². The highest BCUT2D eigenvalue weighted by Crippen LogP contribution is 2.43. The molecule has 0 saturated carbocycles. The number of aromatic nitrogens is 4. The average molecular weight is 567 g/mol. The summed E-state index contributed by atoms with van der Waals surface area (Å²) in [5.74, 6) is 2.24. The van der Waals surface area contributed by atoms with Crippen molar-refractivity contribution in [2.24, 2.45) is 0 Å². The third-order valence-corrected chi connectivity index (χ3v) is 8.08. The summed E-state index contributed by atoms with van der Waals surface area (Å²) in [6, 6.07) is 12.3. The predicted octanol–water partition coefficient (Wildman–Crippen LogP) is 9.37. The minimum Gasteiger partial charge on any atom is -0.507 e. The normalized spacial score (nSPS) is 13.4. The third-order valence-electron chi connectivity index (χ3n) is 8.08. The Bertz CT molecular complexity index is 1580. The number of benzene rings is 3. The second kappa shape index (κ2) is 9.35. The molecule has 0 atom stereocenters. The smallest absolute Gasteiger partial charge is 0.138 e. The molecule has 0 unspecified atom stereocenters. The van der Waals surface area contributed by atoms with Gasteiger partial charge in [-0.25, -0.2) is 9.97 Å². The van der Waals surface area contributed by atoms with Gasteiger partial charge < -0.3 is 20.2 Å². The molecule has 6 heteroatoms. The Morgan fingerprint density at radius 3 is 1.00 bits per heavy atom. The van der Waals surface area contributed by atoms with E-state index >= 15 is 0 Å². The number of hydrogen-bond donors (Lipinski definition) is 4. The first-order chi connectivity index (χ1) is 19.1. The van der Waals surface area contributed by atoms with Gasteiger partial charge in [-0.2, -0.15) is 0 Å². The standard InChI is InChI=1S/C36H46N4O2/c1-33(2,3)21-13-19(14-22(29(21)41)34(4,5)6)31-37-25-17-27-28(18-26(25)38-31)40-32(39-27)20-15-23(35(7,8)9)30(42)24(16-20)36(10,11)12/h13-18,41-42H,1-12H3,(H,37,38)(H,39,40). The van der Waals surface area contributed by atoms with E-state index < -0.39 is 0 Å². The number of fused-ring (bicyclic) bond motifs is 2. The van der Waals surface area contributed by atoms with Crippen molar-refractivity contribution < 1.29 is 10.2 Å². The average Bonchev–Trinajstić information content (AvgIpc) is 3.42. The fraction of sp³-hybridized carbons (Fsp3) is 0.444. The van der Waals surface area contributed by atoms with Crippen molar-refractivity contribution in [3.8, 4) is 34.3 Å². The van der Waals surface area contributed by atoms with Crippen LogP contribution in [-0.4, -0.2) is 30.1 Å². The Morgan fingerprint density at radius 1 is 0.452 bits per heavy atom. The highest BCUT2D eigenvalue weighted by Gasteiger charge is 2.29. The fourth-order valence-corrected chi connectivity index (χ4v) is 5.62. The Balaban J connectivity index is 1.64. The number of phenolic OH excluding ortho intramolecular Hbond substituents is 2. The van der Waals surface area contributed by atoms with E-state index in [1.54, 1.807) is 0 Å². The summed E-state index contributed by atoms with van der Waals surface area (Å²) in [4.78, 5) is 17.0. The molecular formula is C36H46N4O2. The second-order valence-corrected chi connectivity index (χ2v) is 15.9. The van der Waals surface area contributed by atoms with E-state index in [0.29, 0.717) is 11.5 Å². The van der Waals surface area contributed by atoms with Crippen LogP contribution in [-0.2, 0) is 21.7 Å². The van der Waals surface area contributed by atoms with Crippen LogP contribution < -0.4 is 0 Å². The van der Waals surface area contributed by atoms with Gasteiger partial charge in [-0.3, -0.25) is 0 Å². The molecule has 4 N–H and O–H groups in total. The number of nitrogens with one attached hydrogen (secondary N) is 2. The van der Waals surface area contributed by atoms with E-state index in [-0.39, 0.29) is 21.7 Å². The maximum atomic E-state index is 11.2. The third kappa shape index (κ3) is 5.28. The van der Waals surface area contributed by atoms with Crippen molar-refractivity contribution >= 4 is 22.1 Å². The molecule has 2 heterocycles. The van der Waals surface area contributed by atoms with Crippen LogP contribution in [0.3, 0.4) is 0 Å². The molecule has 0 radical (unpaired) electrons. The predicted molar refractivity (Wildman–Crippen MR) is 175 cm³/mol. The first-order valence-corrected chi connectivity index (χ1v) is 14.8. The van der Waals surface area contributed by atoms with Crippen LogP contribution >= 0.6 is 0 Å². The van der Waals surface area contributed by atoms with Crippen molar-refractivity contribution in [3.63, 3.8) is 0 Å². The van der Waals surface area contributed by atoms with E-state index in [1.165, 1.54) is 0 Å². The Kier molecular flexibility index (Phi) is 6.61. The molecule has 0 amide bonds. The van der Waals surface area contributed by atoms with E-state index in [9.17, 15) is 10.2 Å². The zero-order valence-corrected chi connectivity index (χ0v) is 27.3. The Morgan fingerprint density at radius 2 is 0.738 bits per heavy atom. The van der Waals surface area contributed by atoms with Crippen LogP contribution in [0.1, 0.15) is 105 Å². The van der Waals surface area contributed by atoms with E-state index in [4.69, 9.17) is 9.97 Å². The summed E-state index contributed by atoms with van der Waals surface area (Å²) < 4.78 is 0. The minimum atomic E-state index is -0.226. The van der Waals surface area contributed by atoms with Gasteiger partial charge in [0.25, 0.3) is 0 Å². The summed E-state index contributed by atoms with van der Waals surface area (Å²) >= 11 is 0.